The van der Waals surface area contributed by atoms with E-state index in [0.717, 1.165) is 32.0 Å². The number of likely N-dealkylation sites (N-methyl/N-ethyl adjacent to an activating group) is 1. The van der Waals surface area contributed by atoms with Gasteiger partial charge in [-0.05, 0) is 25.2 Å². The smallest absolute Gasteiger partial charge is 0.171 e. The van der Waals surface area contributed by atoms with Gasteiger partial charge in [0.25, 0.3) is 0 Å². The molecule has 0 spiro atoms. The molecule has 13 heavy (non-hydrogen) atoms. The van der Waals surface area contributed by atoms with Gasteiger partial charge in [0.05, 0.1) is 6.54 Å². The Morgan fingerprint density at radius 2 is 2.00 bits per heavy atom. The maximum Gasteiger partial charge on any atom is 0.171 e. The first kappa shape index (κ1) is 10.1. The van der Waals surface area contributed by atoms with Gasteiger partial charge in [-0.1, -0.05) is 13.8 Å². The molecule has 0 saturated carbocycles. The van der Waals surface area contributed by atoms with Crippen LogP contribution in [0.15, 0.2) is 0 Å². The van der Waals surface area contributed by atoms with Crippen LogP contribution in [0.2, 0.25) is 0 Å². The van der Waals surface area contributed by atoms with E-state index in [4.69, 9.17) is 0 Å². The van der Waals surface area contributed by atoms with E-state index in [2.05, 4.69) is 34.2 Å². The SMILES string of the molecule is CCN(CC)CCn1nnc(C)n1. The molecule has 0 bridgehead atoms. The van der Waals surface area contributed by atoms with Gasteiger partial charge in [0.15, 0.2) is 5.82 Å². The number of hydrogen-bond donors (Lipinski definition) is 0. The van der Waals surface area contributed by atoms with Gasteiger partial charge in [-0.3, -0.25) is 0 Å². The fraction of sp³-hybridized carbons (Fsp3) is 0.875. The van der Waals surface area contributed by atoms with Crippen LogP contribution >= 0.6 is 0 Å². The van der Waals surface area contributed by atoms with Crippen molar-refractivity contribution in [3.8, 4) is 0 Å². The molecule has 0 aromatic carbocycles. The molecule has 0 saturated heterocycles. The molecule has 0 aliphatic carbocycles. The summed E-state index contributed by atoms with van der Waals surface area (Å²) in [5.74, 6) is 0.736. The molecule has 1 aromatic heterocycles. The summed E-state index contributed by atoms with van der Waals surface area (Å²) in [7, 11) is 0. The summed E-state index contributed by atoms with van der Waals surface area (Å²) < 4.78 is 0. The van der Waals surface area contributed by atoms with E-state index >= 15 is 0 Å². The third-order valence-corrected chi connectivity index (χ3v) is 2.06. The van der Waals surface area contributed by atoms with Gasteiger partial charge < -0.3 is 4.90 Å². The molecule has 1 heterocycles. The molecule has 0 aliphatic heterocycles. The number of hydrogen-bond acceptors (Lipinski definition) is 4. The Kier molecular flexibility index (Phi) is 3.82. The van der Waals surface area contributed by atoms with Crippen LogP contribution in [0.4, 0.5) is 0 Å². The molecule has 0 unspecified atom stereocenters. The molecule has 5 nitrogen and oxygen atoms in total. The molecule has 0 N–H and O–H groups in total. The highest BCUT2D eigenvalue weighted by atomic mass is 15.6. The zero-order chi connectivity index (χ0) is 9.68. The predicted molar refractivity (Wildman–Crippen MR) is 50.3 cm³/mol. The molecule has 1 rings (SSSR count). The van der Waals surface area contributed by atoms with Crippen molar-refractivity contribution >= 4 is 0 Å². The van der Waals surface area contributed by atoms with Crippen molar-refractivity contribution in [3.63, 3.8) is 0 Å². The molecule has 0 radical (unpaired) electrons. The lowest BCUT2D eigenvalue weighted by atomic mass is 10.5. The van der Waals surface area contributed by atoms with E-state index in [1.165, 1.54) is 0 Å². The van der Waals surface area contributed by atoms with Crippen LogP contribution in [0.3, 0.4) is 0 Å². The van der Waals surface area contributed by atoms with Gasteiger partial charge in [0.1, 0.15) is 0 Å². The van der Waals surface area contributed by atoms with E-state index < -0.39 is 0 Å². The third kappa shape index (κ3) is 3.10. The Morgan fingerprint density at radius 1 is 1.31 bits per heavy atom. The van der Waals surface area contributed by atoms with Crippen molar-refractivity contribution in [2.24, 2.45) is 0 Å². The van der Waals surface area contributed by atoms with Gasteiger partial charge in [-0.2, -0.15) is 4.80 Å². The standard InChI is InChI=1S/C8H17N5/c1-4-12(5-2)6-7-13-10-8(3)9-11-13/h4-7H2,1-3H3. The van der Waals surface area contributed by atoms with E-state index in [1.54, 1.807) is 4.80 Å². The number of aromatic nitrogens is 4. The largest absolute Gasteiger partial charge is 0.302 e. The third-order valence-electron chi connectivity index (χ3n) is 2.06. The van der Waals surface area contributed by atoms with Crippen molar-refractivity contribution < 1.29 is 0 Å². The minimum atomic E-state index is 0.736. The molecular formula is C8H17N5. The summed E-state index contributed by atoms with van der Waals surface area (Å²) in [6.07, 6.45) is 0. The minimum absolute atomic E-state index is 0.736. The zero-order valence-electron chi connectivity index (χ0n) is 8.56. The van der Waals surface area contributed by atoms with E-state index in [9.17, 15) is 0 Å². The zero-order valence-corrected chi connectivity index (χ0v) is 8.56. The highest BCUT2D eigenvalue weighted by Crippen LogP contribution is 1.88. The second-order valence-corrected chi connectivity index (χ2v) is 2.96. The lowest BCUT2D eigenvalue weighted by molar-refractivity contribution is 0.276. The van der Waals surface area contributed by atoms with Crippen molar-refractivity contribution in [2.45, 2.75) is 27.3 Å². The van der Waals surface area contributed by atoms with Crippen LogP contribution < -0.4 is 0 Å². The first-order valence-corrected chi connectivity index (χ1v) is 4.73. The Bertz CT molecular complexity index is 240. The van der Waals surface area contributed by atoms with Crippen LogP contribution in [-0.2, 0) is 6.54 Å². The van der Waals surface area contributed by atoms with Crippen molar-refractivity contribution in [1.29, 1.82) is 0 Å². The minimum Gasteiger partial charge on any atom is -0.302 e. The van der Waals surface area contributed by atoms with Crippen molar-refractivity contribution in [1.82, 2.24) is 25.1 Å². The molecule has 1 aromatic rings. The first-order chi connectivity index (χ1) is 6.26. The van der Waals surface area contributed by atoms with Crippen molar-refractivity contribution in [3.05, 3.63) is 5.82 Å². The highest BCUT2D eigenvalue weighted by molar-refractivity contribution is 4.67. The van der Waals surface area contributed by atoms with Crippen LogP contribution in [0.25, 0.3) is 0 Å². The van der Waals surface area contributed by atoms with E-state index in [0.29, 0.717) is 0 Å². The lowest BCUT2D eigenvalue weighted by Gasteiger charge is -2.16. The Morgan fingerprint density at radius 3 is 2.46 bits per heavy atom. The van der Waals surface area contributed by atoms with Gasteiger partial charge in [0, 0.05) is 6.54 Å². The highest BCUT2D eigenvalue weighted by Gasteiger charge is 2.01. The fourth-order valence-electron chi connectivity index (χ4n) is 1.19. The average Bonchev–Trinajstić information content (AvgIpc) is 2.53. The number of nitrogens with zero attached hydrogens (tertiary/aromatic N) is 5. The van der Waals surface area contributed by atoms with E-state index in [-0.39, 0.29) is 0 Å². The quantitative estimate of drug-likeness (QED) is 0.659. The average molecular weight is 183 g/mol. The maximum absolute atomic E-state index is 4.12. The first-order valence-electron chi connectivity index (χ1n) is 4.73. The van der Waals surface area contributed by atoms with Crippen LogP contribution in [0, 0.1) is 6.92 Å². The Balaban J connectivity index is 2.33. The summed E-state index contributed by atoms with van der Waals surface area (Å²) in [6.45, 7) is 10.1. The molecular weight excluding hydrogens is 166 g/mol. The van der Waals surface area contributed by atoms with Gasteiger partial charge in [-0.25, -0.2) is 0 Å². The summed E-state index contributed by atoms with van der Waals surface area (Å²) in [5.41, 5.74) is 0. The lowest BCUT2D eigenvalue weighted by Crippen LogP contribution is -2.27. The van der Waals surface area contributed by atoms with Crippen molar-refractivity contribution in [2.75, 3.05) is 19.6 Å². The number of rotatable bonds is 5. The van der Waals surface area contributed by atoms with Crippen LogP contribution in [-0.4, -0.2) is 44.7 Å². The monoisotopic (exact) mass is 183 g/mol. The van der Waals surface area contributed by atoms with Crippen LogP contribution in [0.1, 0.15) is 19.7 Å². The topological polar surface area (TPSA) is 46.8 Å². The predicted octanol–water partition coefficient (Wildman–Crippen LogP) is 0.323. The summed E-state index contributed by atoms with van der Waals surface area (Å²) >= 11 is 0. The second-order valence-electron chi connectivity index (χ2n) is 2.96. The molecule has 0 atom stereocenters. The molecule has 0 aliphatic rings. The molecule has 0 fully saturated rings. The van der Waals surface area contributed by atoms with Gasteiger partial charge >= 0.3 is 0 Å². The normalized spacial score (nSPS) is 11.1. The molecule has 0 amide bonds. The molecule has 5 heteroatoms. The van der Waals surface area contributed by atoms with Crippen LogP contribution in [0.5, 0.6) is 0 Å². The Hall–Kier alpha value is -0.970. The molecule has 74 valence electrons. The summed E-state index contributed by atoms with van der Waals surface area (Å²) in [4.78, 5) is 3.98. The second kappa shape index (κ2) is 4.91. The summed E-state index contributed by atoms with van der Waals surface area (Å²) in [6, 6.07) is 0. The number of aryl methyl sites for hydroxylation is 1. The number of tetrazole rings is 1. The Labute approximate surface area is 78.7 Å². The fourth-order valence-corrected chi connectivity index (χ4v) is 1.19. The summed E-state index contributed by atoms with van der Waals surface area (Å²) in [5, 5.41) is 11.8. The van der Waals surface area contributed by atoms with Gasteiger partial charge in [-0.15, -0.1) is 10.2 Å². The maximum atomic E-state index is 4.12. The van der Waals surface area contributed by atoms with E-state index in [1.807, 2.05) is 6.92 Å². The van der Waals surface area contributed by atoms with Gasteiger partial charge in [0.2, 0.25) is 0 Å².